The Morgan fingerprint density at radius 2 is 1.91 bits per heavy atom. The predicted octanol–water partition coefficient (Wildman–Crippen LogP) is 2.00. The van der Waals surface area contributed by atoms with Crippen molar-refractivity contribution in [3.63, 3.8) is 0 Å². The first-order valence-corrected chi connectivity index (χ1v) is 11.2. The predicted molar refractivity (Wildman–Crippen MR) is 127 cm³/mol. The summed E-state index contributed by atoms with van der Waals surface area (Å²) in [4.78, 5) is 16.2. The molecule has 1 atom stereocenters. The van der Waals surface area contributed by atoms with Gasteiger partial charge in [-0.25, -0.2) is 9.97 Å². The number of rotatable bonds is 8. The van der Waals surface area contributed by atoms with Gasteiger partial charge < -0.3 is 39.4 Å². The van der Waals surface area contributed by atoms with Gasteiger partial charge in [-0.15, -0.1) is 0 Å². The summed E-state index contributed by atoms with van der Waals surface area (Å²) in [5, 5.41) is 16.4. The van der Waals surface area contributed by atoms with Crippen molar-refractivity contribution in [3.05, 3.63) is 35.9 Å². The first-order valence-electron chi connectivity index (χ1n) is 11.2. The van der Waals surface area contributed by atoms with Crippen LogP contribution in [0.3, 0.4) is 0 Å². The van der Waals surface area contributed by atoms with E-state index in [4.69, 9.17) is 24.2 Å². The second kappa shape index (κ2) is 9.35. The fraction of sp³-hybridized carbons (Fsp3) is 0.435. The Balaban J connectivity index is 1.44. The monoisotopic (exact) mass is 467 g/mol. The summed E-state index contributed by atoms with van der Waals surface area (Å²) in [5.41, 5.74) is 2.88. The number of benzene rings is 1. The Labute approximate surface area is 197 Å². The van der Waals surface area contributed by atoms with Crippen molar-refractivity contribution >= 4 is 17.6 Å². The first-order chi connectivity index (χ1) is 16.6. The van der Waals surface area contributed by atoms with E-state index in [1.807, 2.05) is 22.9 Å². The molecule has 3 aromatic rings. The van der Waals surface area contributed by atoms with Gasteiger partial charge in [0.05, 0.1) is 51.6 Å². The van der Waals surface area contributed by atoms with Crippen molar-refractivity contribution in [2.24, 2.45) is 0 Å². The quantitative estimate of drug-likeness (QED) is 0.454. The van der Waals surface area contributed by atoms with Crippen molar-refractivity contribution in [2.75, 3.05) is 44.7 Å². The van der Waals surface area contributed by atoms with Crippen LogP contribution in [-0.4, -0.2) is 65.1 Å². The van der Waals surface area contributed by atoms with Gasteiger partial charge in [-0.05, 0) is 12.8 Å². The van der Waals surface area contributed by atoms with E-state index in [0.717, 1.165) is 48.7 Å². The second-order valence-electron chi connectivity index (χ2n) is 8.25. The van der Waals surface area contributed by atoms with Gasteiger partial charge in [0, 0.05) is 37.3 Å². The summed E-state index contributed by atoms with van der Waals surface area (Å²) >= 11 is 0. The van der Waals surface area contributed by atoms with E-state index in [1.165, 1.54) is 0 Å². The zero-order valence-electron chi connectivity index (χ0n) is 19.5. The second-order valence-corrected chi connectivity index (χ2v) is 8.25. The number of anilines is 3. The highest BCUT2D eigenvalue weighted by atomic mass is 16.5. The number of methoxy groups -OCH3 is 3. The number of nitrogens with zero attached hydrogens (tertiary/aromatic N) is 5. The molecule has 11 nitrogen and oxygen atoms in total. The molecule has 2 aliphatic rings. The highest BCUT2D eigenvalue weighted by Crippen LogP contribution is 2.39. The Morgan fingerprint density at radius 1 is 1.12 bits per heavy atom. The van der Waals surface area contributed by atoms with Gasteiger partial charge >= 0.3 is 0 Å². The van der Waals surface area contributed by atoms with E-state index in [-0.39, 0.29) is 12.6 Å². The Bertz CT molecular complexity index is 1160. The van der Waals surface area contributed by atoms with Crippen molar-refractivity contribution < 1.29 is 19.3 Å². The number of aromatic nitrogens is 4. The molecule has 11 heteroatoms. The normalized spacial score (nSPS) is 17.1. The largest absolute Gasteiger partial charge is 0.493 e. The summed E-state index contributed by atoms with van der Waals surface area (Å²) < 4.78 is 18.2. The lowest BCUT2D eigenvalue weighted by atomic mass is 10.2. The topological polar surface area (TPSA) is 119 Å². The van der Waals surface area contributed by atoms with E-state index in [0.29, 0.717) is 35.6 Å². The maximum Gasteiger partial charge on any atom is 0.230 e. The lowest BCUT2D eigenvalue weighted by Crippen LogP contribution is -2.34. The molecule has 4 heterocycles. The van der Waals surface area contributed by atoms with Crippen molar-refractivity contribution in [2.45, 2.75) is 32.0 Å². The Kier molecular flexibility index (Phi) is 6.12. The number of ether oxygens (including phenoxy) is 3. The molecule has 0 saturated carbocycles. The summed E-state index contributed by atoms with van der Waals surface area (Å²) in [7, 11) is 4.74. The Hall–Kier alpha value is -3.57. The van der Waals surface area contributed by atoms with Crippen LogP contribution in [0.15, 0.2) is 24.7 Å². The van der Waals surface area contributed by atoms with E-state index in [2.05, 4.69) is 20.5 Å². The van der Waals surface area contributed by atoms with Crippen LogP contribution in [-0.2, 0) is 13.1 Å². The number of imidazole rings is 1. The first kappa shape index (κ1) is 22.2. The molecule has 5 rings (SSSR count). The number of hydrogen-bond acceptors (Lipinski definition) is 10. The summed E-state index contributed by atoms with van der Waals surface area (Å²) in [6.45, 7) is 2.42. The maximum atomic E-state index is 9.81. The minimum Gasteiger partial charge on any atom is -0.493 e. The molecule has 0 spiro atoms. The molecule has 0 bridgehead atoms. The van der Waals surface area contributed by atoms with E-state index in [9.17, 15) is 5.11 Å². The van der Waals surface area contributed by atoms with Crippen LogP contribution >= 0.6 is 0 Å². The van der Waals surface area contributed by atoms with Crippen molar-refractivity contribution in [3.8, 4) is 22.9 Å². The van der Waals surface area contributed by atoms with Crippen LogP contribution in [0.5, 0.6) is 17.2 Å². The summed E-state index contributed by atoms with van der Waals surface area (Å²) in [6, 6.07) is 3.79. The highest BCUT2D eigenvalue weighted by molar-refractivity contribution is 5.60. The highest BCUT2D eigenvalue weighted by Gasteiger charge is 2.30. The minimum atomic E-state index is 0.0895. The van der Waals surface area contributed by atoms with Crippen LogP contribution in [0.25, 0.3) is 5.69 Å². The smallest absolute Gasteiger partial charge is 0.230 e. The third-order valence-electron chi connectivity index (χ3n) is 6.30. The molecule has 0 radical (unpaired) electrons. The van der Waals surface area contributed by atoms with Gasteiger partial charge in [0.25, 0.3) is 0 Å². The van der Waals surface area contributed by atoms with Crippen LogP contribution in [0.1, 0.15) is 24.1 Å². The summed E-state index contributed by atoms with van der Waals surface area (Å²) in [6.07, 6.45) is 5.55. The van der Waals surface area contributed by atoms with Crippen LogP contribution < -0.4 is 29.7 Å². The molecule has 2 aliphatic heterocycles. The van der Waals surface area contributed by atoms with E-state index in [1.54, 1.807) is 27.7 Å². The lowest BCUT2D eigenvalue weighted by molar-refractivity contribution is 0.266. The lowest BCUT2D eigenvalue weighted by Gasteiger charge is -2.26. The molecular formula is C23H29N7O4. The number of aliphatic hydroxyl groups is 1. The fourth-order valence-corrected chi connectivity index (χ4v) is 4.61. The third-order valence-corrected chi connectivity index (χ3v) is 6.30. The van der Waals surface area contributed by atoms with Gasteiger partial charge in [-0.2, -0.15) is 4.98 Å². The van der Waals surface area contributed by atoms with E-state index >= 15 is 0 Å². The van der Waals surface area contributed by atoms with E-state index < -0.39 is 0 Å². The van der Waals surface area contributed by atoms with Gasteiger partial charge in [0.2, 0.25) is 11.7 Å². The fourth-order valence-electron chi connectivity index (χ4n) is 4.61. The number of nitrogens with one attached hydrogen (secondary N) is 2. The minimum absolute atomic E-state index is 0.0895. The third kappa shape index (κ3) is 3.97. The van der Waals surface area contributed by atoms with Gasteiger partial charge in [0.1, 0.15) is 12.1 Å². The average molecular weight is 468 g/mol. The molecule has 1 saturated heterocycles. The molecule has 0 amide bonds. The maximum absolute atomic E-state index is 9.81. The molecule has 0 aliphatic carbocycles. The Morgan fingerprint density at radius 3 is 2.62 bits per heavy atom. The number of hydrogen-bond donors (Lipinski definition) is 3. The number of aliphatic hydroxyl groups excluding tert-OH is 1. The zero-order valence-corrected chi connectivity index (χ0v) is 19.5. The molecule has 180 valence electrons. The van der Waals surface area contributed by atoms with Gasteiger partial charge in [-0.3, -0.25) is 0 Å². The van der Waals surface area contributed by atoms with Gasteiger partial charge in [0.15, 0.2) is 17.3 Å². The van der Waals surface area contributed by atoms with Crippen molar-refractivity contribution in [1.82, 2.24) is 24.8 Å². The molecule has 34 heavy (non-hydrogen) atoms. The molecule has 1 fully saturated rings. The van der Waals surface area contributed by atoms with Crippen LogP contribution in [0.2, 0.25) is 0 Å². The molecular weight excluding hydrogens is 438 g/mol. The van der Waals surface area contributed by atoms with Gasteiger partial charge in [-0.1, -0.05) is 0 Å². The zero-order chi connectivity index (χ0) is 23.7. The SMILES string of the molecule is COc1cc(-n2cnc(Nc3nc4c(c(N5CCCC5CO)n3)CNC4)c2)cc(OC)c1OC. The molecule has 1 aromatic carbocycles. The molecule has 3 N–H and O–H groups in total. The summed E-state index contributed by atoms with van der Waals surface area (Å²) in [5.74, 6) is 3.62. The molecule has 2 aromatic heterocycles. The van der Waals surface area contributed by atoms with Crippen LogP contribution in [0, 0.1) is 0 Å². The van der Waals surface area contributed by atoms with Crippen LogP contribution in [0.4, 0.5) is 17.6 Å². The van der Waals surface area contributed by atoms with Crippen molar-refractivity contribution in [1.29, 1.82) is 0 Å². The number of fused-ring (bicyclic) bond motifs is 1. The standard InChI is InChI=1S/C23H29N7O4/c1-32-18-7-15(8-19(33-2)21(18)34-3)29-11-20(25-13-29)27-23-26-17-10-24-9-16(17)22(28-23)30-6-4-5-14(30)12-31/h7-8,11,13-14,24,31H,4-6,9-10,12H2,1-3H3,(H,26,27,28). The average Bonchev–Trinajstić information content (AvgIpc) is 3.63. The molecule has 1 unspecified atom stereocenters.